The fourth-order valence-corrected chi connectivity index (χ4v) is 5.30. The number of anilines is 1. The van der Waals surface area contributed by atoms with Crippen LogP contribution in [0.1, 0.15) is 38.8 Å². The average molecular weight is 547 g/mol. The fraction of sp³-hybridized carbons (Fsp3) is 0.385. The maximum Gasteiger partial charge on any atom is 0.263 e. The van der Waals surface area contributed by atoms with Crippen molar-refractivity contribution in [3.8, 4) is 17.0 Å². The molecule has 37 heavy (non-hydrogen) atoms. The number of rotatable bonds is 10. The highest BCUT2D eigenvalue weighted by Gasteiger charge is 2.23. The summed E-state index contributed by atoms with van der Waals surface area (Å²) in [6.45, 7) is 9.81. The lowest BCUT2D eigenvalue weighted by atomic mass is 9.87. The predicted octanol–water partition coefficient (Wildman–Crippen LogP) is 4.21. The smallest absolute Gasteiger partial charge is 0.263 e. The molecule has 9 nitrogen and oxygen atoms in total. The van der Waals surface area contributed by atoms with E-state index in [0.717, 1.165) is 11.1 Å². The first-order valence-electron chi connectivity index (χ1n) is 11.9. The summed E-state index contributed by atoms with van der Waals surface area (Å²) in [7, 11) is -5.86. The van der Waals surface area contributed by atoms with Gasteiger partial charge in [0.05, 0.1) is 16.2 Å². The zero-order valence-corrected chi connectivity index (χ0v) is 23.6. The van der Waals surface area contributed by atoms with Gasteiger partial charge in [0.25, 0.3) is 10.0 Å². The largest absolute Gasteiger partial charge is 0.476 e. The van der Waals surface area contributed by atoms with E-state index >= 15 is 0 Å². The second-order valence-corrected chi connectivity index (χ2v) is 13.8. The van der Waals surface area contributed by atoms with Gasteiger partial charge in [0.2, 0.25) is 15.9 Å². The molecule has 1 heterocycles. The third kappa shape index (κ3) is 7.06. The van der Waals surface area contributed by atoms with E-state index in [9.17, 15) is 16.8 Å². The fourth-order valence-electron chi connectivity index (χ4n) is 3.49. The summed E-state index contributed by atoms with van der Waals surface area (Å²) in [6.07, 6.45) is 1.21. The summed E-state index contributed by atoms with van der Waals surface area (Å²) in [5, 5.41) is 0. The number of aromatic nitrogens is 2. The van der Waals surface area contributed by atoms with E-state index in [4.69, 9.17) is 4.74 Å². The van der Waals surface area contributed by atoms with Crippen LogP contribution in [0.25, 0.3) is 11.1 Å². The number of hydrogen-bond acceptors (Lipinski definition) is 7. The Morgan fingerprint density at radius 2 is 1.57 bits per heavy atom. The molecule has 0 saturated carbocycles. The van der Waals surface area contributed by atoms with E-state index < -0.39 is 20.0 Å². The normalized spacial score (nSPS) is 12.5. The summed E-state index contributed by atoms with van der Waals surface area (Å²) in [5.74, 6) is 0.180. The number of sulfonamides is 2. The van der Waals surface area contributed by atoms with Gasteiger partial charge >= 0.3 is 0 Å². The third-order valence-corrected chi connectivity index (χ3v) is 9.12. The standard InChI is InChI=1S/C26H34N4O5S2/c1-7-36(31,32)30(6)16-17-35-25-23(20-10-8-19(2)9-11-20)24(27-18-28-25)29-37(33,34)22-14-12-21(13-15-22)26(3,4)5/h8-15,18H,7,16-17H2,1-6H3,(H,27,28,29). The lowest BCUT2D eigenvalue weighted by Crippen LogP contribution is -2.32. The SMILES string of the molecule is CCS(=O)(=O)N(C)CCOc1ncnc(NS(=O)(=O)c2ccc(C(C)(C)C)cc2)c1-c1ccc(C)cc1. The van der Waals surface area contributed by atoms with E-state index in [1.165, 1.54) is 17.7 Å². The van der Waals surface area contributed by atoms with Gasteiger partial charge in [0.15, 0.2) is 5.82 Å². The van der Waals surface area contributed by atoms with Gasteiger partial charge < -0.3 is 4.74 Å². The number of benzene rings is 2. The van der Waals surface area contributed by atoms with Crippen molar-refractivity contribution in [1.82, 2.24) is 14.3 Å². The van der Waals surface area contributed by atoms with E-state index in [1.807, 2.05) is 31.2 Å². The maximum atomic E-state index is 13.3. The Bertz CT molecular complexity index is 1430. The molecule has 0 aliphatic heterocycles. The van der Waals surface area contributed by atoms with E-state index in [2.05, 4.69) is 35.5 Å². The van der Waals surface area contributed by atoms with Crippen molar-refractivity contribution >= 4 is 25.9 Å². The van der Waals surface area contributed by atoms with Gasteiger partial charge in [0, 0.05) is 13.6 Å². The van der Waals surface area contributed by atoms with Gasteiger partial charge in [-0.05, 0) is 42.5 Å². The number of nitrogens with zero attached hydrogens (tertiary/aromatic N) is 3. The average Bonchev–Trinajstić information content (AvgIpc) is 2.84. The molecule has 1 N–H and O–H groups in total. The number of aryl methyl sites for hydroxylation is 1. The molecule has 0 fully saturated rings. The molecule has 3 aromatic rings. The van der Waals surface area contributed by atoms with Gasteiger partial charge in [-0.15, -0.1) is 0 Å². The van der Waals surface area contributed by atoms with Crippen molar-refractivity contribution in [2.24, 2.45) is 0 Å². The molecule has 2 aromatic carbocycles. The molecule has 1 aromatic heterocycles. The maximum absolute atomic E-state index is 13.3. The Labute approximate surface area is 220 Å². The van der Waals surface area contributed by atoms with Gasteiger partial charge in [-0.1, -0.05) is 62.7 Å². The van der Waals surface area contributed by atoms with E-state index in [-0.39, 0.29) is 40.9 Å². The molecule has 0 atom stereocenters. The topological polar surface area (TPSA) is 119 Å². The van der Waals surface area contributed by atoms with Crippen LogP contribution in [0, 0.1) is 6.92 Å². The first-order chi connectivity index (χ1) is 17.2. The van der Waals surface area contributed by atoms with Crippen molar-refractivity contribution in [3.63, 3.8) is 0 Å². The summed E-state index contributed by atoms with van der Waals surface area (Å²) >= 11 is 0. The van der Waals surface area contributed by atoms with E-state index in [1.54, 1.807) is 31.2 Å². The first-order valence-corrected chi connectivity index (χ1v) is 15.0. The molecule has 0 amide bonds. The first kappa shape index (κ1) is 28.5. The van der Waals surface area contributed by atoms with Crippen molar-refractivity contribution in [2.75, 3.05) is 30.7 Å². The van der Waals surface area contributed by atoms with Gasteiger partial charge in [0.1, 0.15) is 12.9 Å². The van der Waals surface area contributed by atoms with Gasteiger partial charge in [-0.2, -0.15) is 0 Å². The minimum absolute atomic E-state index is 0.0196. The van der Waals surface area contributed by atoms with Gasteiger partial charge in [-0.3, -0.25) is 4.72 Å². The molecule has 0 unspecified atom stereocenters. The summed E-state index contributed by atoms with van der Waals surface area (Å²) in [6, 6.07) is 14.1. The Hall–Kier alpha value is -3.02. The third-order valence-electron chi connectivity index (χ3n) is 5.90. The molecule has 200 valence electrons. The Morgan fingerprint density at radius 1 is 0.946 bits per heavy atom. The number of hydrogen-bond donors (Lipinski definition) is 1. The monoisotopic (exact) mass is 546 g/mol. The van der Waals surface area contributed by atoms with Crippen LogP contribution in [0.2, 0.25) is 0 Å². The van der Waals surface area contributed by atoms with Crippen LogP contribution in [-0.2, 0) is 25.5 Å². The van der Waals surface area contributed by atoms with Gasteiger partial charge in [-0.25, -0.2) is 31.1 Å². The van der Waals surface area contributed by atoms with Crippen LogP contribution >= 0.6 is 0 Å². The lowest BCUT2D eigenvalue weighted by molar-refractivity contribution is 0.278. The van der Waals surface area contributed by atoms with Crippen LogP contribution in [-0.4, -0.2) is 57.1 Å². The molecular formula is C26H34N4O5S2. The molecule has 0 bridgehead atoms. The zero-order valence-electron chi connectivity index (χ0n) is 22.0. The molecule has 0 aliphatic carbocycles. The van der Waals surface area contributed by atoms with Crippen LogP contribution in [0.3, 0.4) is 0 Å². The van der Waals surface area contributed by atoms with Crippen LogP contribution in [0.4, 0.5) is 5.82 Å². The number of nitrogens with one attached hydrogen (secondary N) is 1. The van der Waals surface area contributed by atoms with Crippen molar-refractivity contribution in [2.45, 2.75) is 44.9 Å². The highest BCUT2D eigenvalue weighted by Crippen LogP contribution is 2.35. The molecule has 0 saturated heterocycles. The Balaban J connectivity index is 1.96. The van der Waals surface area contributed by atoms with Crippen molar-refractivity contribution in [3.05, 3.63) is 66.0 Å². The Kier molecular flexibility index (Phi) is 8.61. The molecule has 0 spiro atoms. The van der Waals surface area contributed by atoms with Crippen LogP contribution in [0.5, 0.6) is 5.88 Å². The quantitative estimate of drug-likeness (QED) is 0.405. The minimum Gasteiger partial charge on any atom is -0.476 e. The summed E-state index contributed by atoms with van der Waals surface area (Å²) in [4.78, 5) is 8.54. The van der Waals surface area contributed by atoms with Crippen LogP contribution < -0.4 is 9.46 Å². The molecule has 11 heteroatoms. The predicted molar refractivity (Wildman–Crippen MR) is 146 cm³/mol. The number of ether oxygens (including phenoxy) is 1. The second-order valence-electron chi connectivity index (χ2n) is 9.72. The Morgan fingerprint density at radius 3 is 2.14 bits per heavy atom. The second kappa shape index (κ2) is 11.2. The molecule has 0 aliphatic rings. The van der Waals surface area contributed by atoms with E-state index in [0.29, 0.717) is 11.1 Å². The molecule has 0 radical (unpaired) electrons. The van der Waals surface area contributed by atoms with Crippen LogP contribution in [0.15, 0.2) is 59.8 Å². The zero-order chi connectivity index (χ0) is 27.4. The van der Waals surface area contributed by atoms with Crippen molar-refractivity contribution in [1.29, 1.82) is 0 Å². The summed E-state index contributed by atoms with van der Waals surface area (Å²) in [5.41, 5.74) is 2.93. The lowest BCUT2D eigenvalue weighted by Gasteiger charge is -2.20. The summed E-state index contributed by atoms with van der Waals surface area (Å²) < 4.78 is 60.3. The minimum atomic E-state index is -3.97. The van der Waals surface area contributed by atoms with Crippen molar-refractivity contribution < 1.29 is 21.6 Å². The molecule has 3 rings (SSSR count). The molecular weight excluding hydrogens is 512 g/mol. The number of likely N-dealkylation sites (N-methyl/N-ethyl adjacent to an activating group) is 1. The highest BCUT2D eigenvalue weighted by atomic mass is 32.2. The highest BCUT2D eigenvalue weighted by molar-refractivity contribution is 7.92.